The average Bonchev–Trinajstić information content (AvgIpc) is 4.07. The van der Waals surface area contributed by atoms with Crippen LogP contribution in [0.15, 0.2) is 103 Å². The van der Waals surface area contributed by atoms with Crippen LogP contribution in [0.2, 0.25) is 21.7 Å². The highest BCUT2D eigenvalue weighted by atomic mass is 28.4. The summed E-state index contributed by atoms with van der Waals surface area (Å²) in [6.45, 7) is 34.3. The van der Waals surface area contributed by atoms with Gasteiger partial charge in [0.15, 0.2) is 11.6 Å². The molecule has 4 aromatic rings. The maximum atomic E-state index is 8.04. The monoisotopic (exact) mass is 1100 g/mol. The van der Waals surface area contributed by atoms with Crippen molar-refractivity contribution in [3.05, 3.63) is 109 Å². The van der Waals surface area contributed by atoms with E-state index in [1.807, 2.05) is 0 Å². The molecule has 1 unspecified atom stereocenters. The van der Waals surface area contributed by atoms with Gasteiger partial charge in [-0.3, -0.25) is 0 Å². The SMILES string of the molecule is CO[C@]12C[C@H]3O[C@H]4C[C@@H](O[Si](C(C)C)(C(C)C)C(C)C)[C@](C)(CO[Si](c5ccccc5)(c5ccccc5)C(C)(C)C)O[C@@H]4C[C@H](C)C[C@@H]3O[C@@H]1[C@@H](C)C(OCc1ccc3ccccc3c1)[C@@H]1O[C@]3(CCCO3)[C@@H](C)[C@H](C)[C@H]1O2. The van der Waals surface area contributed by atoms with Crippen LogP contribution >= 0.6 is 0 Å². The third-order valence-electron chi connectivity index (χ3n) is 20.2. The molecule has 0 amide bonds. The summed E-state index contributed by atoms with van der Waals surface area (Å²) in [6, 6.07) is 37.1. The van der Waals surface area contributed by atoms with Gasteiger partial charge in [-0.05, 0) is 92.5 Å². The predicted molar refractivity (Wildman–Crippen MR) is 315 cm³/mol. The minimum absolute atomic E-state index is 0.0627. The summed E-state index contributed by atoms with van der Waals surface area (Å²) in [5.41, 5.74) is 1.43. The van der Waals surface area contributed by atoms with Crippen molar-refractivity contribution >= 4 is 37.8 Å². The van der Waals surface area contributed by atoms with E-state index in [-0.39, 0.29) is 71.4 Å². The van der Waals surface area contributed by atoms with Crippen molar-refractivity contribution in [2.24, 2.45) is 23.7 Å². The highest BCUT2D eigenvalue weighted by Crippen LogP contribution is 2.55. The molecule has 6 saturated heterocycles. The third kappa shape index (κ3) is 10.4. The maximum absolute atomic E-state index is 8.04. The molecule has 16 atom stereocenters. The number of hydrogen-bond donors (Lipinski definition) is 0. The Morgan fingerprint density at radius 2 is 1.28 bits per heavy atom. The minimum atomic E-state index is -2.97. The fraction of sp³-hybridized carbons (Fsp3) is 0.667. The van der Waals surface area contributed by atoms with Gasteiger partial charge in [-0.1, -0.05) is 187 Å². The molecule has 12 heteroatoms. The first kappa shape index (κ1) is 58.4. The number of fused-ring (bicyclic) bond motifs is 5. The van der Waals surface area contributed by atoms with Crippen molar-refractivity contribution < 1.29 is 46.7 Å². The lowest BCUT2D eigenvalue weighted by atomic mass is 9.75. The molecule has 0 N–H and O–H groups in total. The molecular formula is C66H96O10Si2. The Labute approximate surface area is 470 Å². The van der Waals surface area contributed by atoms with Gasteiger partial charge < -0.3 is 46.7 Å². The fourth-order valence-electron chi connectivity index (χ4n) is 16.0. The number of benzene rings is 4. The molecule has 6 fully saturated rings. The lowest BCUT2D eigenvalue weighted by Gasteiger charge is -2.57. The number of rotatable bonds is 14. The van der Waals surface area contributed by atoms with E-state index in [4.69, 9.17) is 46.7 Å². The molecule has 428 valence electrons. The van der Waals surface area contributed by atoms with Gasteiger partial charge in [-0.15, -0.1) is 0 Å². The van der Waals surface area contributed by atoms with Gasteiger partial charge in [-0.25, -0.2) is 0 Å². The summed E-state index contributed by atoms with van der Waals surface area (Å²) in [4.78, 5) is 0. The quantitative estimate of drug-likeness (QED) is 0.114. The lowest BCUT2D eigenvalue weighted by molar-refractivity contribution is -0.387. The highest BCUT2D eigenvalue weighted by Gasteiger charge is 2.66. The van der Waals surface area contributed by atoms with E-state index < -0.39 is 46.0 Å². The molecule has 6 heterocycles. The number of ether oxygens (including phenoxy) is 8. The van der Waals surface area contributed by atoms with E-state index in [9.17, 15) is 0 Å². The molecule has 0 aliphatic carbocycles. The minimum Gasteiger partial charge on any atom is -0.410 e. The topological polar surface area (TPSA) is 92.3 Å². The smallest absolute Gasteiger partial charge is 0.261 e. The first-order valence-electron chi connectivity index (χ1n) is 30.2. The highest BCUT2D eigenvalue weighted by molar-refractivity contribution is 6.99. The Kier molecular flexibility index (Phi) is 17.0. The second kappa shape index (κ2) is 22.7. The summed E-state index contributed by atoms with van der Waals surface area (Å²) >= 11 is 0. The van der Waals surface area contributed by atoms with Crippen molar-refractivity contribution in [1.82, 2.24) is 0 Å². The summed E-state index contributed by atoms with van der Waals surface area (Å²) in [7, 11) is -3.66. The Balaban J connectivity index is 0.995. The van der Waals surface area contributed by atoms with Crippen molar-refractivity contribution in [2.45, 2.75) is 236 Å². The summed E-state index contributed by atoms with van der Waals surface area (Å²) in [6.07, 6.45) is 1.59. The average molecular weight is 1110 g/mol. The normalized spacial score (nSPS) is 36.7. The van der Waals surface area contributed by atoms with Crippen molar-refractivity contribution in [3.8, 4) is 0 Å². The van der Waals surface area contributed by atoms with Crippen LogP contribution in [0.25, 0.3) is 10.8 Å². The van der Waals surface area contributed by atoms with Gasteiger partial charge in [0.2, 0.25) is 8.32 Å². The molecule has 10 rings (SSSR count). The zero-order valence-corrected chi connectivity index (χ0v) is 52.0. The number of hydrogen-bond acceptors (Lipinski definition) is 10. The Hall–Kier alpha value is -2.83. The molecule has 10 nitrogen and oxygen atoms in total. The van der Waals surface area contributed by atoms with Gasteiger partial charge in [0.1, 0.15) is 17.8 Å². The van der Waals surface area contributed by atoms with Gasteiger partial charge in [0, 0.05) is 38.2 Å². The van der Waals surface area contributed by atoms with E-state index in [1.165, 1.54) is 21.1 Å². The fourth-order valence-corrected chi connectivity index (χ4v) is 26.4. The third-order valence-corrected chi connectivity index (χ3v) is 31.3. The zero-order chi connectivity index (χ0) is 55.6. The van der Waals surface area contributed by atoms with Crippen LogP contribution in [-0.2, 0) is 53.4 Å². The molecule has 0 saturated carbocycles. The molecule has 0 bridgehead atoms. The second-order valence-electron chi connectivity index (χ2n) is 27.1. The van der Waals surface area contributed by atoms with E-state index in [2.05, 4.69) is 200 Å². The summed E-state index contributed by atoms with van der Waals surface area (Å²) < 4.78 is 74.8. The molecule has 0 aromatic heterocycles. The largest absolute Gasteiger partial charge is 0.410 e. The first-order valence-corrected chi connectivity index (χ1v) is 34.2. The van der Waals surface area contributed by atoms with Crippen LogP contribution < -0.4 is 10.4 Å². The standard InChI is InChI=1S/C66H96O10Si2/c1-42(2)77(43(3)4,44(5)6)76-58-38-55-56(73-64(58,14)41-70-78(63(11,12)13,52-27-18-16-19-28-52)53-29-20-17-21-30-53)36-45(7)35-54-57(71-55)39-66(67-15)62(72-54)47(9)59(68-40-49-31-32-50-25-22-23-26-51(50)37-49)61-60(74-66)46(8)48(10)65(75-61)33-24-34-69-65/h16-23,25-32,37,42-48,54-62H,24,33-36,38-41H2,1-15H3/t45-,46+,47+,48+,54+,55+,56-,57-,58-,59?,60-,61+,62-,64+,65-,66+/m1/s1. The molecular weight excluding hydrogens is 1010 g/mol. The Morgan fingerprint density at radius 3 is 1.88 bits per heavy atom. The van der Waals surface area contributed by atoms with Crippen molar-refractivity contribution in [2.75, 3.05) is 20.3 Å². The van der Waals surface area contributed by atoms with Crippen molar-refractivity contribution in [3.63, 3.8) is 0 Å². The summed E-state index contributed by atoms with van der Waals surface area (Å²) in [5.74, 6) is -1.65. The molecule has 0 radical (unpaired) electrons. The van der Waals surface area contributed by atoms with E-state index in [1.54, 1.807) is 7.11 Å². The van der Waals surface area contributed by atoms with Crippen LogP contribution in [0, 0.1) is 23.7 Å². The zero-order valence-electron chi connectivity index (χ0n) is 50.0. The predicted octanol–water partition coefficient (Wildman–Crippen LogP) is 13.3. The Morgan fingerprint density at radius 1 is 0.667 bits per heavy atom. The van der Waals surface area contributed by atoms with Crippen LogP contribution in [-0.4, -0.2) is 109 Å². The van der Waals surface area contributed by atoms with E-state index in [0.29, 0.717) is 49.3 Å². The van der Waals surface area contributed by atoms with Gasteiger partial charge in [0.05, 0.1) is 62.5 Å². The maximum Gasteiger partial charge on any atom is 0.261 e. The van der Waals surface area contributed by atoms with Crippen molar-refractivity contribution in [1.29, 1.82) is 0 Å². The van der Waals surface area contributed by atoms with Gasteiger partial charge in [0.25, 0.3) is 8.32 Å². The van der Waals surface area contributed by atoms with Crippen LogP contribution in [0.5, 0.6) is 0 Å². The molecule has 1 spiro atoms. The van der Waals surface area contributed by atoms with E-state index >= 15 is 0 Å². The lowest BCUT2D eigenvalue weighted by Crippen LogP contribution is -2.70. The van der Waals surface area contributed by atoms with E-state index in [0.717, 1.165) is 31.2 Å². The molecule has 4 aromatic carbocycles. The van der Waals surface area contributed by atoms with Gasteiger partial charge >= 0.3 is 0 Å². The Bertz CT molecular complexity index is 2560. The van der Waals surface area contributed by atoms with Crippen LogP contribution in [0.3, 0.4) is 0 Å². The van der Waals surface area contributed by atoms with Gasteiger partial charge in [-0.2, -0.15) is 0 Å². The molecule has 78 heavy (non-hydrogen) atoms. The van der Waals surface area contributed by atoms with Crippen LogP contribution in [0.4, 0.5) is 0 Å². The molecule has 6 aliphatic heterocycles. The number of methoxy groups -OCH3 is 1. The van der Waals surface area contributed by atoms with Crippen LogP contribution in [0.1, 0.15) is 141 Å². The second-order valence-corrected chi connectivity index (χ2v) is 36.8. The first-order chi connectivity index (χ1) is 37.1. The molecule has 6 aliphatic rings. The summed E-state index contributed by atoms with van der Waals surface area (Å²) in [5, 5.41) is 4.71.